The van der Waals surface area contributed by atoms with Crippen molar-refractivity contribution in [2.24, 2.45) is 5.92 Å². The van der Waals surface area contributed by atoms with Gasteiger partial charge < -0.3 is 15.0 Å². The Bertz CT molecular complexity index is 748. The minimum absolute atomic E-state index is 0.112. The van der Waals surface area contributed by atoms with Gasteiger partial charge >= 0.3 is 5.97 Å². The first kappa shape index (κ1) is 14.6. The van der Waals surface area contributed by atoms with E-state index in [9.17, 15) is 9.59 Å². The number of H-pyrrole nitrogens is 1. The molecule has 1 amide bonds. The lowest BCUT2D eigenvalue weighted by molar-refractivity contribution is -0.143. The van der Waals surface area contributed by atoms with E-state index in [1.807, 2.05) is 26.0 Å². The number of benzene rings is 1. The SMILES string of the molecule is Cc1cc(C)c2cc(C(=O)N3CCCC(C(=O)O)C3)[nH]c2c1. The number of carbonyl (C=O) groups excluding carboxylic acids is 1. The van der Waals surface area contributed by atoms with E-state index in [-0.39, 0.29) is 5.91 Å². The van der Waals surface area contributed by atoms with Crippen molar-refractivity contribution < 1.29 is 14.7 Å². The zero-order valence-electron chi connectivity index (χ0n) is 12.8. The van der Waals surface area contributed by atoms with Crippen LogP contribution in [0.3, 0.4) is 0 Å². The molecule has 5 nitrogen and oxygen atoms in total. The number of hydrogen-bond acceptors (Lipinski definition) is 2. The summed E-state index contributed by atoms with van der Waals surface area (Å²) >= 11 is 0. The predicted molar refractivity (Wildman–Crippen MR) is 84.0 cm³/mol. The average Bonchev–Trinajstić information content (AvgIpc) is 2.90. The summed E-state index contributed by atoms with van der Waals surface area (Å²) in [6, 6.07) is 5.98. The van der Waals surface area contributed by atoms with E-state index >= 15 is 0 Å². The van der Waals surface area contributed by atoms with Crippen LogP contribution in [0.1, 0.15) is 34.5 Å². The highest BCUT2D eigenvalue weighted by molar-refractivity contribution is 5.99. The highest BCUT2D eigenvalue weighted by atomic mass is 16.4. The molecular formula is C17H20N2O3. The van der Waals surface area contributed by atoms with Gasteiger partial charge in [0.15, 0.2) is 0 Å². The molecule has 116 valence electrons. The van der Waals surface area contributed by atoms with E-state index in [0.29, 0.717) is 25.2 Å². The van der Waals surface area contributed by atoms with Crippen LogP contribution in [0.2, 0.25) is 0 Å². The first-order valence-electron chi connectivity index (χ1n) is 7.58. The molecule has 1 aliphatic heterocycles. The summed E-state index contributed by atoms with van der Waals surface area (Å²) in [5.74, 6) is -1.38. The Labute approximate surface area is 128 Å². The number of carboxylic acid groups (broad SMARTS) is 1. The van der Waals surface area contributed by atoms with Crippen molar-refractivity contribution >= 4 is 22.8 Å². The van der Waals surface area contributed by atoms with Crippen LogP contribution in [-0.2, 0) is 4.79 Å². The lowest BCUT2D eigenvalue weighted by Crippen LogP contribution is -2.42. The van der Waals surface area contributed by atoms with Crippen LogP contribution in [0.4, 0.5) is 0 Å². The molecule has 5 heteroatoms. The molecule has 1 aromatic heterocycles. The summed E-state index contributed by atoms with van der Waals surface area (Å²) in [6.45, 7) is 4.97. The van der Waals surface area contributed by atoms with Crippen LogP contribution < -0.4 is 0 Å². The fourth-order valence-corrected chi connectivity index (χ4v) is 3.25. The van der Waals surface area contributed by atoms with E-state index in [1.54, 1.807) is 4.90 Å². The predicted octanol–water partition coefficient (Wildman–Crippen LogP) is 2.72. The molecule has 0 aliphatic carbocycles. The molecule has 3 rings (SSSR count). The second-order valence-electron chi connectivity index (χ2n) is 6.15. The number of hydrogen-bond donors (Lipinski definition) is 2. The van der Waals surface area contributed by atoms with Crippen molar-refractivity contribution in [2.45, 2.75) is 26.7 Å². The number of carboxylic acids is 1. The van der Waals surface area contributed by atoms with Crippen molar-refractivity contribution in [2.75, 3.05) is 13.1 Å². The van der Waals surface area contributed by atoms with Crippen molar-refractivity contribution in [3.8, 4) is 0 Å². The minimum atomic E-state index is -0.819. The zero-order valence-corrected chi connectivity index (χ0v) is 12.8. The molecule has 0 saturated carbocycles. The molecule has 0 bridgehead atoms. The molecule has 2 N–H and O–H groups in total. The summed E-state index contributed by atoms with van der Waals surface area (Å²) in [4.78, 5) is 28.6. The maximum Gasteiger partial charge on any atom is 0.308 e. The van der Waals surface area contributed by atoms with Crippen molar-refractivity contribution in [1.82, 2.24) is 9.88 Å². The van der Waals surface area contributed by atoms with Gasteiger partial charge in [-0.15, -0.1) is 0 Å². The molecule has 0 radical (unpaired) electrons. The number of likely N-dealkylation sites (tertiary alicyclic amines) is 1. The molecule has 1 saturated heterocycles. The third kappa shape index (κ3) is 2.58. The van der Waals surface area contributed by atoms with E-state index in [2.05, 4.69) is 11.1 Å². The number of piperidine rings is 1. The Balaban J connectivity index is 1.89. The molecule has 1 fully saturated rings. The fourth-order valence-electron chi connectivity index (χ4n) is 3.25. The van der Waals surface area contributed by atoms with Gasteiger partial charge in [0.25, 0.3) is 5.91 Å². The van der Waals surface area contributed by atoms with Gasteiger partial charge in [-0.3, -0.25) is 9.59 Å². The molecule has 1 unspecified atom stereocenters. The average molecular weight is 300 g/mol. The number of aromatic amines is 1. The molecule has 0 spiro atoms. The van der Waals surface area contributed by atoms with Crippen LogP contribution in [0.5, 0.6) is 0 Å². The zero-order chi connectivity index (χ0) is 15.9. The van der Waals surface area contributed by atoms with Crippen molar-refractivity contribution in [3.05, 3.63) is 35.0 Å². The Hall–Kier alpha value is -2.30. The second kappa shape index (κ2) is 5.48. The quantitative estimate of drug-likeness (QED) is 0.895. The van der Waals surface area contributed by atoms with Crippen molar-refractivity contribution in [1.29, 1.82) is 0 Å². The number of fused-ring (bicyclic) bond motifs is 1. The number of nitrogens with zero attached hydrogens (tertiary/aromatic N) is 1. The van der Waals surface area contributed by atoms with Gasteiger partial charge in [0.1, 0.15) is 5.69 Å². The number of aryl methyl sites for hydroxylation is 2. The Morgan fingerprint density at radius 3 is 2.77 bits per heavy atom. The van der Waals surface area contributed by atoms with Crippen LogP contribution in [-0.4, -0.2) is 40.0 Å². The molecule has 1 aromatic carbocycles. The first-order valence-corrected chi connectivity index (χ1v) is 7.58. The minimum Gasteiger partial charge on any atom is -0.481 e. The number of amides is 1. The van der Waals surface area contributed by atoms with Gasteiger partial charge in [-0.05, 0) is 49.9 Å². The highest BCUT2D eigenvalue weighted by Crippen LogP contribution is 2.24. The Morgan fingerprint density at radius 2 is 2.05 bits per heavy atom. The Kier molecular flexibility index (Phi) is 3.64. The number of nitrogens with one attached hydrogen (secondary N) is 1. The van der Waals surface area contributed by atoms with Gasteiger partial charge in [-0.2, -0.15) is 0 Å². The van der Waals surface area contributed by atoms with E-state index < -0.39 is 11.9 Å². The second-order valence-corrected chi connectivity index (χ2v) is 6.15. The van der Waals surface area contributed by atoms with Crippen LogP contribution in [0.25, 0.3) is 10.9 Å². The van der Waals surface area contributed by atoms with Gasteiger partial charge in [0, 0.05) is 24.0 Å². The molecule has 1 atom stereocenters. The number of carbonyl (C=O) groups is 2. The van der Waals surface area contributed by atoms with Crippen LogP contribution in [0.15, 0.2) is 18.2 Å². The summed E-state index contributed by atoms with van der Waals surface area (Å²) < 4.78 is 0. The van der Waals surface area contributed by atoms with Crippen LogP contribution >= 0.6 is 0 Å². The van der Waals surface area contributed by atoms with Gasteiger partial charge in [0.05, 0.1) is 5.92 Å². The monoisotopic (exact) mass is 300 g/mol. The maximum atomic E-state index is 12.6. The molecular weight excluding hydrogens is 280 g/mol. The van der Waals surface area contributed by atoms with E-state index in [1.165, 1.54) is 0 Å². The maximum absolute atomic E-state index is 12.6. The number of rotatable bonds is 2. The molecule has 2 heterocycles. The summed E-state index contributed by atoms with van der Waals surface area (Å²) in [7, 11) is 0. The third-order valence-electron chi connectivity index (χ3n) is 4.38. The van der Waals surface area contributed by atoms with E-state index in [4.69, 9.17) is 5.11 Å². The summed E-state index contributed by atoms with van der Waals surface area (Å²) in [5, 5.41) is 10.2. The molecule has 1 aliphatic rings. The highest BCUT2D eigenvalue weighted by Gasteiger charge is 2.29. The van der Waals surface area contributed by atoms with E-state index in [0.717, 1.165) is 28.5 Å². The lowest BCUT2D eigenvalue weighted by atomic mass is 9.98. The number of aromatic nitrogens is 1. The topological polar surface area (TPSA) is 73.4 Å². The third-order valence-corrected chi connectivity index (χ3v) is 4.38. The molecule has 22 heavy (non-hydrogen) atoms. The first-order chi connectivity index (χ1) is 10.5. The van der Waals surface area contributed by atoms with Gasteiger partial charge in [0.2, 0.25) is 0 Å². The normalized spacial score (nSPS) is 18.6. The standard InChI is InChI=1S/C17H20N2O3/c1-10-6-11(2)13-8-15(18-14(13)7-10)16(20)19-5-3-4-12(9-19)17(21)22/h6-8,12,18H,3-5,9H2,1-2H3,(H,21,22). The smallest absolute Gasteiger partial charge is 0.308 e. The van der Waals surface area contributed by atoms with Crippen LogP contribution in [0, 0.1) is 19.8 Å². The largest absolute Gasteiger partial charge is 0.481 e. The lowest BCUT2D eigenvalue weighted by Gasteiger charge is -2.30. The summed E-state index contributed by atoms with van der Waals surface area (Å²) in [6.07, 6.45) is 1.38. The number of aliphatic carboxylic acids is 1. The Morgan fingerprint density at radius 1 is 1.27 bits per heavy atom. The van der Waals surface area contributed by atoms with Gasteiger partial charge in [-0.25, -0.2) is 0 Å². The summed E-state index contributed by atoms with van der Waals surface area (Å²) in [5.41, 5.74) is 3.77. The molecule has 2 aromatic rings. The van der Waals surface area contributed by atoms with Gasteiger partial charge in [-0.1, -0.05) is 6.07 Å². The van der Waals surface area contributed by atoms with Crippen molar-refractivity contribution in [3.63, 3.8) is 0 Å². The fraction of sp³-hybridized carbons (Fsp3) is 0.412.